The number of esters is 1. The molecule has 0 saturated carbocycles. The summed E-state index contributed by atoms with van der Waals surface area (Å²) >= 11 is 0. The molecule has 1 N–H and O–H groups in total. The average Bonchev–Trinajstić information content (AvgIpc) is 2.97. The number of benzene rings is 1. The van der Waals surface area contributed by atoms with Crippen LogP contribution in [-0.4, -0.2) is 33.7 Å². The molecular formula is C15H13FN2O4. The molecular weight excluding hydrogens is 291 g/mol. The summed E-state index contributed by atoms with van der Waals surface area (Å²) in [5, 5.41) is 13.3. The van der Waals surface area contributed by atoms with Crippen molar-refractivity contribution in [3.05, 3.63) is 65.4 Å². The molecule has 2 rings (SSSR count). The Hall–Kier alpha value is -2.96. The first-order valence-corrected chi connectivity index (χ1v) is 6.30. The van der Waals surface area contributed by atoms with Gasteiger partial charge in [0.1, 0.15) is 5.82 Å². The molecule has 0 fully saturated rings. The fraction of sp³-hybridized carbons (Fsp3) is 0.133. The van der Waals surface area contributed by atoms with E-state index in [9.17, 15) is 19.1 Å². The molecule has 22 heavy (non-hydrogen) atoms. The first kappa shape index (κ1) is 15.4. The zero-order chi connectivity index (χ0) is 16.1. The molecule has 1 aromatic carbocycles. The largest absolute Gasteiger partial charge is 0.502 e. The van der Waals surface area contributed by atoms with E-state index in [2.05, 4.69) is 9.84 Å². The van der Waals surface area contributed by atoms with Gasteiger partial charge in [0.15, 0.2) is 5.78 Å². The molecule has 0 saturated heterocycles. The van der Waals surface area contributed by atoms with Crippen LogP contribution in [0.2, 0.25) is 0 Å². The van der Waals surface area contributed by atoms with Crippen LogP contribution in [0.1, 0.15) is 15.9 Å². The van der Waals surface area contributed by atoms with E-state index in [0.717, 1.165) is 18.7 Å². The lowest BCUT2D eigenvalue weighted by atomic mass is 10.2. The van der Waals surface area contributed by atoms with Crippen molar-refractivity contribution in [2.75, 3.05) is 7.11 Å². The fourth-order valence-electron chi connectivity index (χ4n) is 1.73. The molecule has 6 nitrogen and oxygen atoms in total. The lowest BCUT2D eigenvalue weighted by molar-refractivity contribution is -0.139. The summed E-state index contributed by atoms with van der Waals surface area (Å²) in [6.45, 7) is 0.361. The molecule has 114 valence electrons. The number of halogens is 1. The molecule has 0 bridgehead atoms. The highest BCUT2D eigenvalue weighted by atomic mass is 19.1. The smallest absolute Gasteiger partial charge is 0.373 e. The van der Waals surface area contributed by atoms with Crippen molar-refractivity contribution in [2.24, 2.45) is 0 Å². The second-order valence-corrected chi connectivity index (χ2v) is 4.44. The Morgan fingerprint density at radius 2 is 2.05 bits per heavy atom. The number of allylic oxidation sites excluding steroid dienone is 1. The van der Waals surface area contributed by atoms with Crippen LogP contribution in [0.15, 0.2) is 48.5 Å². The molecule has 0 aliphatic heterocycles. The number of ketones is 1. The maximum Gasteiger partial charge on any atom is 0.373 e. The molecule has 0 aliphatic carbocycles. The number of ether oxygens (including phenoxy) is 1. The number of hydrogen-bond donors (Lipinski definition) is 1. The Labute approximate surface area is 125 Å². The van der Waals surface area contributed by atoms with Gasteiger partial charge in [0.2, 0.25) is 5.76 Å². The van der Waals surface area contributed by atoms with Gasteiger partial charge in [0.05, 0.1) is 25.4 Å². The van der Waals surface area contributed by atoms with E-state index in [0.29, 0.717) is 6.54 Å². The van der Waals surface area contributed by atoms with Crippen LogP contribution in [0.3, 0.4) is 0 Å². The second-order valence-electron chi connectivity index (χ2n) is 4.44. The number of rotatable bonds is 5. The summed E-state index contributed by atoms with van der Waals surface area (Å²) in [7, 11) is 1.09. The molecule has 0 aliphatic rings. The highest BCUT2D eigenvalue weighted by Gasteiger charge is 2.12. The van der Waals surface area contributed by atoms with E-state index in [4.69, 9.17) is 0 Å². The number of methoxy groups -OCH3 is 1. The van der Waals surface area contributed by atoms with Crippen molar-refractivity contribution in [3.8, 4) is 0 Å². The van der Waals surface area contributed by atoms with Crippen LogP contribution in [0.5, 0.6) is 0 Å². The number of carbonyl (C=O) groups is 2. The van der Waals surface area contributed by atoms with Gasteiger partial charge in [-0.05, 0) is 17.7 Å². The van der Waals surface area contributed by atoms with Crippen molar-refractivity contribution >= 4 is 11.8 Å². The van der Waals surface area contributed by atoms with Gasteiger partial charge in [-0.3, -0.25) is 9.48 Å². The van der Waals surface area contributed by atoms with Gasteiger partial charge in [-0.2, -0.15) is 5.10 Å². The van der Waals surface area contributed by atoms with Gasteiger partial charge in [-0.1, -0.05) is 12.1 Å². The Kier molecular flexibility index (Phi) is 4.67. The fourth-order valence-corrected chi connectivity index (χ4v) is 1.73. The Morgan fingerprint density at radius 3 is 2.68 bits per heavy atom. The van der Waals surface area contributed by atoms with Crippen LogP contribution in [-0.2, 0) is 16.1 Å². The van der Waals surface area contributed by atoms with Crippen molar-refractivity contribution in [1.29, 1.82) is 0 Å². The summed E-state index contributed by atoms with van der Waals surface area (Å²) in [6, 6.07) is 5.90. The SMILES string of the molecule is COC(=O)/C(O)=C/C(=O)c1cnn(Cc2ccc(F)cc2)c1. The van der Waals surface area contributed by atoms with E-state index >= 15 is 0 Å². The highest BCUT2D eigenvalue weighted by molar-refractivity contribution is 6.07. The molecule has 0 radical (unpaired) electrons. The monoisotopic (exact) mass is 304 g/mol. The van der Waals surface area contributed by atoms with Gasteiger partial charge in [-0.25, -0.2) is 9.18 Å². The van der Waals surface area contributed by atoms with Crippen molar-refractivity contribution in [2.45, 2.75) is 6.54 Å². The third-order valence-electron chi connectivity index (χ3n) is 2.84. The first-order chi connectivity index (χ1) is 10.5. The molecule has 0 spiro atoms. The number of nitrogens with zero attached hydrogens (tertiary/aromatic N) is 2. The van der Waals surface area contributed by atoms with E-state index in [1.54, 1.807) is 12.1 Å². The van der Waals surface area contributed by atoms with E-state index in [1.165, 1.54) is 29.2 Å². The first-order valence-electron chi connectivity index (χ1n) is 6.30. The lowest BCUT2D eigenvalue weighted by Gasteiger charge is -2.01. The summed E-state index contributed by atoms with van der Waals surface area (Å²) in [4.78, 5) is 22.8. The molecule has 0 amide bonds. The molecule has 0 atom stereocenters. The summed E-state index contributed by atoms with van der Waals surface area (Å²) < 4.78 is 18.6. The normalized spacial score (nSPS) is 11.3. The Balaban J connectivity index is 2.09. The predicted molar refractivity (Wildman–Crippen MR) is 74.8 cm³/mol. The molecule has 7 heteroatoms. The minimum Gasteiger partial charge on any atom is -0.502 e. The topological polar surface area (TPSA) is 81.4 Å². The van der Waals surface area contributed by atoms with Crippen LogP contribution < -0.4 is 0 Å². The van der Waals surface area contributed by atoms with Crippen LogP contribution in [0.25, 0.3) is 0 Å². The quantitative estimate of drug-likeness (QED) is 0.395. The third-order valence-corrected chi connectivity index (χ3v) is 2.84. The molecule has 1 aromatic heterocycles. The van der Waals surface area contributed by atoms with Crippen LogP contribution in [0, 0.1) is 5.82 Å². The van der Waals surface area contributed by atoms with E-state index < -0.39 is 17.5 Å². The van der Waals surface area contributed by atoms with Gasteiger partial charge in [0, 0.05) is 12.3 Å². The van der Waals surface area contributed by atoms with Gasteiger partial charge < -0.3 is 9.84 Å². The second kappa shape index (κ2) is 6.66. The van der Waals surface area contributed by atoms with Gasteiger partial charge in [-0.15, -0.1) is 0 Å². The number of aliphatic hydroxyl groups excluding tert-OH is 1. The van der Waals surface area contributed by atoms with Crippen molar-refractivity contribution < 1.29 is 23.8 Å². The zero-order valence-corrected chi connectivity index (χ0v) is 11.7. The minimum atomic E-state index is -0.993. The number of hydrogen-bond acceptors (Lipinski definition) is 5. The Bertz CT molecular complexity index is 719. The van der Waals surface area contributed by atoms with E-state index in [-0.39, 0.29) is 11.4 Å². The van der Waals surface area contributed by atoms with Gasteiger partial charge >= 0.3 is 5.97 Å². The van der Waals surface area contributed by atoms with Crippen molar-refractivity contribution in [3.63, 3.8) is 0 Å². The zero-order valence-electron chi connectivity index (χ0n) is 11.7. The number of carbonyl (C=O) groups excluding carboxylic acids is 2. The summed E-state index contributed by atoms with van der Waals surface area (Å²) in [5.41, 5.74) is 1.02. The summed E-state index contributed by atoms with van der Waals surface area (Å²) in [5.74, 6) is -2.68. The third kappa shape index (κ3) is 3.78. The summed E-state index contributed by atoms with van der Waals surface area (Å²) in [6.07, 6.45) is 3.55. The standard InChI is InChI=1S/C15H13FN2O4/c1-22-15(21)14(20)6-13(19)11-7-17-18(9-11)8-10-2-4-12(16)5-3-10/h2-7,9,20H,8H2,1H3/b14-6-. The van der Waals surface area contributed by atoms with E-state index in [1.807, 2.05) is 0 Å². The average molecular weight is 304 g/mol. The maximum absolute atomic E-state index is 12.8. The Morgan fingerprint density at radius 1 is 1.36 bits per heavy atom. The molecule has 2 aromatic rings. The van der Waals surface area contributed by atoms with Gasteiger partial charge in [0.25, 0.3) is 0 Å². The highest BCUT2D eigenvalue weighted by Crippen LogP contribution is 2.07. The van der Waals surface area contributed by atoms with Crippen LogP contribution in [0.4, 0.5) is 4.39 Å². The number of aromatic nitrogens is 2. The predicted octanol–water partition coefficient (Wildman–Crippen LogP) is 1.87. The number of aliphatic hydroxyl groups is 1. The molecule has 0 unspecified atom stereocenters. The van der Waals surface area contributed by atoms with Crippen molar-refractivity contribution in [1.82, 2.24) is 9.78 Å². The maximum atomic E-state index is 12.8. The van der Waals surface area contributed by atoms with Crippen LogP contribution >= 0.6 is 0 Å². The minimum absolute atomic E-state index is 0.206. The lowest BCUT2D eigenvalue weighted by Crippen LogP contribution is -2.06. The molecule has 1 heterocycles.